The normalized spacial score (nSPS) is 20.4. The maximum absolute atomic E-state index is 10.4. The SMILES string of the molecule is C[C@@H](O)CN1CCN(C[C@H](O)c2cc(Cl)ccc2Cl)CC1. The van der Waals surface area contributed by atoms with Gasteiger partial charge in [0.1, 0.15) is 0 Å². The monoisotopic (exact) mass is 332 g/mol. The minimum Gasteiger partial charge on any atom is -0.392 e. The van der Waals surface area contributed by atoms with Gasteiger partial charge in [-0.15, -0.1) is 0 Å². The lowest BCUT2D eigenvalue weighted by molar-refractivity contribution is 0.0527. The molecule has 0 saturated carbocycles. The zero-order valence-electron chi connectivity index (χ0n) is 12.2. The average Bonchev–Trinajstić information content (AvgIpc) is 2.43. The number of aliphatic hydroxyl groups excluding tert-OH is 2. The van der Waals surface area contributed by atoms with Crippen molar-refractivity contribution in [2.75, 3.05) is 39.3 Å². The van der Waals surface area contributed by atoms with Crippen LogP contribution in [0.15, 0.2) is 18.2 Å². The molecule has 1 aromatic rings. The maximum atomic E-state index is 10.4. The third kappa shape index (κ3) is 5.09. The molecule has 0 unspecified atom stereocenters. The van der Waals surface area contributed by atoms with Crippen LogP contribution < -0.4 is 0 Å². The molecule has 118 valence electrons. The molecule has 0 amide bonds. The number of rotatable bonds is 5. The van der Waals surface area contributed by atoms with E-state index in [1.807, 2.05) is 0 Å². The zero-order valence-corrected chi connectivity index (χ0v) is 13.7. The van der Waals surface area contributed by atoms with Crippen molar-refractivity contribution >= 4 is 23.2 Å². The highest BCUT2D eigenvalue weighted by Crippen LogP contribution is 2.27. The molecule has 0 aromatic heterocycles. The number of benzene rings is 1. The van der Waals surface area contributed by atoms with Gasteiger partial charge in [-0.1, -0.05) is 23.2 Å². The Hall–Kier alpha value is -0.360. The van der Waals surface area contributed by atoms with Gasteiger partial charge in [-0.05, 0) is 25.1 Å². The largest absolute Gasteiger partial charge is 0.392 e. The van der Waals surface area contributed by atoms with Gasteiger partial charge in [0.25, 0.3) is 0 Å². The minimum atomic E-state index is -0.639. The molecule has 1 fully saturated rings. The van der Waals surface area contributed by atoms with Gasteiger partial charge in [0.15, 0.2) is 0 Å². The molecule has 0 aliphatic carbocycles. The van der Waals surface area contributed by atoms with Crippen LogP contribution in [0.3, 0.4) is 0 Å². The molecule has 4 nitrogen and oxygen atoms in total. The van der Waals surface area contributed by atoms with Gasteiger partial charge >= 0.3 is 0 Å². The lowest BCUT2D eigenvalue weighted by Gasteiger charge is -2.36. The second-order valence-corrected chi connectivity index (χ2v) is 6.48. The highest BCUT2D eigenvalue weighted by Gasteiger charge is 2.21. The number of piperazine rings is 1. The van der Waals surface area contributed by atoms with Gasteiger partial charge in [0.05, 0.1) is 12.2 Å². The molecule has 2 N–H and O–H groups in total. The molecule has 1 heterocycles. The second kappa shape index (κ2) is 7.77. The molecule has 1 aliphatic rings. The van der Waals surface area contributed by atoms with E-state index in [-0.39, 0.29) is 6.10 Å². The van der Waals surface area contributed by atoms with Crippen molar-refractivity contribution in [1.29, 1.82) is 0 Å². The highest BCUT2D eigenvalue weighted by atomic mass is 35.5. The summed E-state index contributed by atoms with van der Waals surface area (Å²) in [5.74, 6) is 0. The third-order valence-corrected chi connectivity index (χ3v) is 4.31. The molecule has 1 saturated heterocycles. The molecular weight excluding hydrogens is 311 g/mol. The number of hydrogen-bond acceptors (Lipinski definition) is 4. The van der Waals surface area contributed by atoms with Crippen molar-refractivity contribution in [2.24, 2.45) is 0 Å². The third-order valence-electron chi connectivity index (χ3n) is 3.74. The number of aliphatic hydroxyl groups is 2. The fourth-order valence-corrected chi connectivity index (χ4v) is 3.07. The molecule has 6 heteroatoms. The molecule has 21 heavy (non-hydrogen) atoms. The first-order chi connectivity index (χ1) is 9.95. The summed E-state index contributed by atoms with van der Waals surface area (Å²) in [7, 11) is 0. The molecule has 1 aromatic carbocycles. The Morgan fingerprint density at radius 3 is 2.19 bits per heavy atom. The predicted octanol–water partition coefficient (Wildman–Crippen LogP) is 2.03. The summed E-state index contributed by atoms with van der Waals surface area (Å²) in [5, 5.41) is 20.9. The quantitative estimate of drug-likeness (QED) is 0.866. The van der Waals surface area contributed by atoms with Crippen molar-refractivity contribution in [3.63, 3.8) is 0 Å². The maximum Gasteiger partial charge on any atom is 0.0931 e. The topological polar surface area (TPSA) is 46.9 Å². The van der Waals surface area contributed by atoms with Crippen LogP contribution in [0.2, 0.25) is 10.0 Å². The van der Waals surface area contributed by atoms with Crippen molar-refractivity contribution in [2.45, 2.75) is 19.1 Å². The van der Waals surface area contributed by atoms with Gasteiger partial charge < -0.3 is 10.2 Å². The molecule has 0 spiro atoms. The molecule has 0 bridgehead atoms. The van der Waals surface area contributed by atoms with Crippen LogP contribution >= 0.6 is 23.2 Å². The summed E-state index contributed by atoms with van der Waals surface area (Å²) in [5.41, 5.74) is 0.676. The first-order valence-electron chi connectivity index (χ1n) is 7.21. The summed E-state index contributed by atoms with van der Waals surface area (Å²) >= 11 is 12.1. The number of β-amino-alcohol motifs (C(OH)–C–C–N with tert-alkyl or cyclic N) is 2. The van der Waals surface area contributed by atoms with Gasteiger partial charge in [0.2, 0.25) is 0 Å². The number of halogens is 2. The van der Waals surface area contributed by atoms with E-state index in [9.17, 15) is 10.2 Å². The van der Waals surface area contributed by atoms with Gasteiger partial charge in [0, 0.05) is 54.9 Å². The van der Waals surface area contributed by atoms with Gasteiger partial charge in [-0.3, -0.25) is 9.80 Å². The molecule has 1 aliphatic heterocycles. The zero-order chi connectivity index (χ0) is 15.4. The van der Waals surface area contributed by atoms with E-state index in [4.69, 9.17) is 23.2 Å². The molecular formula is C15H22Cl2N2O2. The van der Waals surface area contributed by atoms with Crippen LogP contribution in [0.4, 0.5) is 0 Å². The fourth-order valence-electron chi connectivity index (χ4n) is 2.64. The Kier molecular flexibility index (Phi) is 6.29. The average molecular weight is 333 g/mol. The standard InChI is InChI=1S/C15H22Cl2N2O2/c1-11(20)9-18-4-6-19(7-5-18)10-15(21)13-8-12(16)2-3-14(13)17/h2-3,8,11,15,20-21H,4-7,9-10H2,1H3/t11-,15+/m1/s1. The lowest BCUT2D eigenvalue weighted by Crippen LogP contribution is -2.49. The first kappa shape index (κ1) is 17.0. The smallest absolute Gasteiger partial charge is 0.0931 e. The fraction of sp³-hybridized carbons (Fsp3) is 0.600. The Morgan fingerprint density at radius 2 is 1.62 bits per heavy atom. The van der Waals surface area contributed by atoms with Crippen LogP contribution in [0.25, 0.3) is 0 Å². The second-order valence-electron chi connectivity index (χ2n) is 5.63. The highest BCUT2D eigenvalue weighted by molar-refractivity contribution is 6.33. The lowest BCUT2D eigenvalue weighted by atomic mass is 10.1. The molecule has 0 radical (unpaired) electrons. The van der Waals surface area contributed by atoms with Crippen molar-refractivity contribution in [3.8, 4) is 0 Å². The van der Waals surface area contributed by atoms with E-state index in [1.165, 1.54) is 0 Å². The summed E-state index contributed by atoms with van der Waals surface area (Å²) in [6.07, 6.45) is -0.938. The van der Waals surface area contributed by atoms with Gasteiger partial charge in [-0.25, -0.2) is 0 Å². The Labute approximate surface area is 135 Å². The Morgan fingerprint density at radius 1 is 1.05 bits per heavy atom. The first-order valence-corrected chi connectivity index (χ1v) is 7.97. The van der Waals surface area contributed by atoms with E-state index in [0.717, 1.165) is 26.2 Å². The van der Waals surface area contributed by atoms with E-state index < -0.39 is 6.10 Å². The summed E-state index contributed by atoms with van der Waals surface area (Å²) in [6, 6.07) is 5.15. The van der Waals surface area contributed by atoms with Crippen LogP contribution in [-0.4, -0.2) is 65.4 Å². The van der Waals surface area contributed by atoms with Crippen LogP contribution in [-0.2, 0) is 0 Å². The summed E-state index contributed by atoms with van der Waals surface area (Å²) in [4.78, 5) is 4.44. The van der Waals surface area contributed by atoms with Crippen molar-refractivity contribution in [1.82, 2.24) is 9.80 Å². The van der Waals surface area contributed by atoms with E-state index in [1.54, 1.807) is 25.1 Å². The van der Waals surface area contributed by atoms with Crippen LogP contribution in [0.1, 0.15) is 18.6 Å². The van der Waals surface area contributed by atoms with Crippen molar-refractivity contribution < 1.29 is 10.2 Å². The minimum absolute atomic E-state index is 0.299. The number of hydrogen-bond donors (Lipinski definition) is 2. The Bertz CT molecular complexity index is 463. The summed E-state index contributed by atoms with van der Waals surface area (Å²) in [6.45, 7) is 6.61. The van der Waals surface area contributed by atoms with Gasteiger partial charge in [-0.2, -0.15) is 0 Å². The summed E-state index contributed by atoms with van der Waals surface area (Å²) < 4.78 is 0. The predicted molar refractivity (Wildman–Crippen MR) is 86.0 cm³/mol. The van der Waals surface area contributed by atoms with E-state index in [0.29, 0.717) is 28.7 Å². The van der Waals surface area contributed by atoms with Crippen molar-refractivity contribution in [3.05, 3.63) is 33.8 Å². The Balaban J connectivity index is 1.87. The van der Waals surface area contributed by atoms with E-state index in [2.05, 4.69) is 9.80 Å². The van der Waals surface area contributed by atoms with E-state index >= 15 is 0 Å². The van der Waals surface area contributed by atoms with Crippen LogP contribution in [0, 0.1) is 0 Å². The molecule has 2 atom stereocenters. The van der Waals surface area contributed by atoms with Crippen LogP contribution in [0.5, 0.6) is 0 Å². The molecule has 2 rings (SSSR count). The number of nitrogens with zero attached hydrogens (tertiary/aromatic N) is 2.